The standard InChI is InChI=1S/C39H14Br24O5/c40-32(41,42)15-1-14(2-16(3-15)33(43,44)45)28-26(31(64)65)13-27(66-23-7-17(34(46,47)48)4-18(8-23)35(49,50)51)29(67-24-9-19(36(52,53)54)5-20(10-24)37(55,56)57)30(28)68-25-11-21(38(58,59)60)6-22(12-25)39(61,62)63/h1-13H,(H,64,65). The Morgan fingerprint density at radius 2 is 0.559 bits per heavy atom. The van der Waals surface area contributed by atoms with Crippen molar-refractivity contribution >= 4 is 388 Å². The molecule has 0 atom stereocenters. The molecule has 68 heavy (non-hydrogen) atoms. The highest BCUT2D eigenvalue weighted by atomic mass is 80.0. The van der Waals surface area contributed by atoms with Crippen molar-refractivity contribution < 1.29 is 24.1 Å². The van der Waals surface area contributed by atoms with Gasteiger partial charge in [0.15, 0.2) is 28.6 Å². The van der Waals surface area contributed by atoms with Crippen molar-refractivity contribution in [2.24, 2.45) is 0 Å². The van der Waals surface area contributed by atoms with Crippen molar-refractivity contribution in [2.75, 3.05) is 0 Å². The third kappa shape index (κ3) is 18.2. The molecule has 5 nitrogen and oxygen atoms in total. The lowest BCUT2D eigenvalue weighted by atomic mass is 9.94. The van der Waals surface area contributed by atoms with Crippen LogP contribution >= 0.6 is 382 Å². The van der Waals surface area contributed by atoms with Crippen molar-refractivity contribution in [3.63, 3.8) is 0 Å². The Labute approximate surface area is 592 Å². The van der Waals surface area contributed by atoms with E-state index in [0.717, 1.165) is 0 Å². The molecule has 0 saturated heterocycles. The minimum atomic E-state index is -1.31. The van der Waals surface area contributed by atoms with Crippen molar-refractivity contribution in [1.29, 1.82) is 0 Å². The molecule has 0 unspecified atom stereocenters. The largest absolute Gasteiger partial charge is 0.478 e. The molecule has 1 N–H and O–H groups in total. The van der Waals surface area contributed by atoms with E-state index in [0.29, 0.717) is 50.1 Å². The SMILES string of the molecule is O=C(O)c1cc(Oc2cc(C(Br)(Br)Br)cc(C(Br)(Br)Br)c2)c(Oc2cc(C(Br)(Br)Br)cc(C(Br)(Br)Br)c2)c(Oc2cc(C(Br)(Br)Br)cc(C(Br)(Br)Br)c2)c1-c1cc(C(Br)(Br)Br)cc(C(Br)(Br)Br)c1. The van der Waals surface area contributed by atoms with E-state index >= 15 is 0 Å². The lowest BCUT2D eigenvalue weighted by Crippen LogP contribution is -2.10. The molecule has 0 heterocycles. The fraction of sp³-hybridized carbons (Fsp3) is 0.205. The first-order valence-corrected chi connectivity index (χ1v) is 36.2. The normalized spacial score (nSPS) is 13.4. The van der Waals surface area contributed by atoms with Gasteiger partial charge in [-0.3, -0.25) is 0 Å². The van der Waals surface area contributed by atoms with Crippen LogP contribution in [0.15, 0.2) is 78.9 Å². The lowest BCUT2D eigenvalue weighted by Gasteiger charge is -2.26. The number of hydrogen-bond donors (Lipinski definition) is 1. The van der Waals surface area contributed by atoms with Gasteiger partial charge in [-0.1, -0.05) is 382 Å². The van der Waals surface area contributed by atoms with Crippen LogP contribution in [0.3, 0.4) is 0 Å². The maximum atomic E-state index is 14.0. The molecule has 0 aromatic heterocycles. The van der Waals surface area contributed by atoms with Gasteiger partial charge in [0.1, 0.15) is 17.2 Å². The Balaban J connectivity index is 2.09. The second kappa shape index (κ2) is 24.9. The number of carboxylic acid groups (broad SMARTS) is 1. The Kier molecular flexibility index (Phi) is 23.9. The number of carbonyl (C=O) groups is 1. The van der Waals surface area contributed by atoms with Gasteiger partial charge in [-0.05, 0) is 123 Å². The first-order valence-electron chi connectivity index (χ1n) is 17.2. The van der Waals surface area contributed by atoms with E-state index in [2.05, 4.69) is 382 Å². The van der Waals surface area contributed by atoms with E-state index in [1.807, 2.05) is 36.4 Å². The maximum absolute atomic E-state index is 14.0. The van der Waals surface area contributed by atoms with Crippen molar-refractivity contribution in [1.82, 2.24) is 0 Å². The molecular formula is C39H14Br24O5. The number of halogens is 24. The molecule has 0 aliphatic rings. The average molecular weight is 2480 g/mol. The smallest absolute Gasteiger partial charge is 0.336 e. The summed E-state index contributed by atoms with van der Waals surface area (Å²) >= 11 is 88.1. The summed E-state index contributed by atoms with van der Waals surface area (Å²) in [5.74, 6) is -0.589. The van der Waals surface area contributed by atoms with Gasteiger partial charge >= 0.3 is 5.97 Å². The second-order valence-electron chi connectivity index (χ2n) is 13.6. The van der Waals surface area contributed by atoms with Crippen LogP contribution in [-0.2, 0) is 17.1 Å². The van der Waals surface area contributed by atoms with E-state index in [1.165, 1.54) is 6.07 Å². The molecule has 0 spiro atoms. The molecule has 5 aromatic rings. The molecule has 5 rings (SSSR count). The zero-order valence-corrected chi connectivity index (χ0v) is 69.7. The first-order chi connectivity index (χ1) is 30.5. The highest BCUT2D eigenvalue weighted by Gasteiger charge is 2.36. The first kappa shape index (κ1) is 65.3. The minimum absolute atomic E-state index is 0.0191. The summed E-state index contributed by atoms with van der Waals surface area (Å²) in [4.78, 5) is 14.0. The van der Waals surface area contributed by atoms with Crippen LogP contribution in [0.1, 0.15) is 54.9 Å². The number of alkyl halides is 24. The van der Waals surface area contributed by atoms with E-state index in [9.17, 15) is 9.90 Å². The maximum Gasteiger partial charge on any atom is 0.336 e. The summed E-state index contributed by atoms with van der Waals surface area (Å²) in [6.45, 7) is 0. The van der Waals surface area contributed by atoms with Crippen LogP contribution in [0.5, 0.6) is 34.5 Å². The fourth-order valence-corrected chi connectivity index (χ4v) is 11.3. The molecular weight excluding hydrogens is 2470 g/mol. The topological polar surface area (TPSA) is 65.0 Å². The Hall–Kier alpha value is 6.49. The van der Waals surface area contributed by atoms with Gasteiger partial charge < -0.3 is 19.3 Å². The molecule has 368 valence electrons. The second-order valence-corrected chi connectivity index (χ2v) is 67.7. The van der Waals surface area contributed by atoms with Gasteiger partial charge in [0.25, 0.3) is 0 Å². The van der Waals surface area contributed by atoms with E-state index < -0.39 is 23.1 Å². The van der Waals surface area contributed by atoms with E-state index in [1.54, 1.807) is 36.4 Å². The van der Waals surface area contributed by atoms with Crippen molar-refractivity contribution in [3.05, 3.63) is 129 Å². The highest BCUT2D eigenvalue weighted by Crippen LogP contribution is 2.59. The number of ether oxygens (including phenoxy) is 3. The Morgan fingerprint density at radius 3 is 0.809 bits per heavy atom. The summed E-state index contributed by atoms with van der Waals surface area (Å²) in [7, 11) is 0. The number of hydrogen-bond acceptors (Lipinski definition) is 4. The van der Waals surface area contributed by atoms with Crippen LogP contribution in [0.4, 0.5) is 0 Å². The molecule has 0 saturated carbocycles. The van der Waals surface area contributed by atoms with Crippen LogP contribution in [0, 0.1) is 0 Å². The van der Waals surface area contributed by atoms with Crippen LogP contribution < -0.4 is 14.2 Å². The summed E-state index contributed by atoms with van der Waals surface area (Å²) in [6, 6.07) is 23.2. The summed E-state index contributed by atoms with van der Waals surface area (Å²) in [6.07, 6.45) is 0. The van der Waals surface area contributed by atoms with Gasteiger partial charge in [0, 0.05) is 11.6 Å². The molecule has 0 bridgehead atoms. The minimum Gasteiger partial charge on any atom is -0.478 e. The third-order valence-corrected chi connectivity index (χ3v) is 19.6. The van der Waals surface area contributed by atoms with Crippen molar-refractivity contribution in [3.8, 4) is 45.6 Å². The van der Waals surface area contributed by atoms with Gasteiger partial charge in [0.05, 0.1) is 5.56 Å². The fourth-order valence-electron chi connectivity index (χ4n) is 5.76. The summed E-state index contributed by atoms with van der Waals surface area (Å²) in [5, 5.41) is 11.4. The van der Waals surface area contributed by atoms with E-state index in [4.69, 9.17) is 14.2 Å². The van der Waals surface area contributed by atoms with Crippen molar-refractivity contribution in [2.45, 2.75) is 17.1 Å². The molecule has 29 heteroatoms. The molecule has 0 aliphatic heterocycles. The molecule has 0 amide bonds. The number of aromatic carboxylic acids is 1. The Bertz CT molecular complexity index is 2600. The number of rotatable bonds is 8. The zero-order chi connectivity index (χ0) is 51.7. The predicted molar refractivity (Wildman–Crippen MR) is 366 cm³/mol. The Morgan fingerprint density at radius 1 is 0.324 bits per heavy atom. The number of benzene rings is 5. The summed E-state index contributed by atoms with van der Waals surface area (Å²) < 4.78 is 13.7. The zero-order valence-electron chi connectivity index (χ0n) is 31.7. The van der Waals surface area contributed by atoms with Gasteiger partial charge in [-0.2, -0.15) is 0 Å². The molecule has 5 aromatic carbocycles. The van der Waals surface area contributed by atoms with E-state index in [-0.39, 0.29) is 45.6 Å². The third-order valence-electron chi connectivity index (χ3n) is 8.66. The lowest BCUT2D eigenvalue weighted by molar-refractivity contribution is 0.0697. The van der Waals surface area contributed by atoms with Crippen LogP contribution in [0.2, 0.25) is 0 Å². The quantitative estimate of drug-likeness (QED) is 0.157. The monoisotopic (exact) mass is 2460 g/mol. The van der Waals surface area contributed by atoms with Gasteiger partial charge in [-0.15, -0.1) is 0 Å². The summed E-state index contributed by atoms with van der Waals surface area (Å²) in [5.41, 5.74) is 5.64. The highest BCUT2D eigenvalue weighted by molar-refractivity contribution is 9.41. The molecule has 0 fully saturated rings. The van der Waals surface area contributed by atoms with Gasteiger partial charge in [0.2, 0.25) is 5.75 Å². The van der Waals surface area contributed by atoms with Crippen LogP contribution in [-0.4, -0.2) is 11.1 Å². The molecule has 0 aliphatic carbocycles. The van der Waals surface area contributed by atoms with Gasteiger partial charge in [-0.25, -0.2) is 4.79 Å². The van der Waals surface area contributed by atoms with Crippen LogP contribution in [0.25, 0.3) is 11.1 Å². The molecule has 0 radical (unpaired) electrons. The number of carboxylic acids is 1. The average Bonchev–Trinajstić information content (AvgIpc) is 3.15. The predicted octanol–water partition coefficient (Wildman–Crippen LogP) is 26.8.